The van der Waals surface area contributed by atoms with Crippen LogP contribution < -0.4 is 0 Å². The summed E-state index contributed by atoms with van der Waals surface area (Å²) in [6.45, 7) is 2.44. The van der Waals surface area contributed by atoms with Gasteiger partial charge in [0.15, 0.2) is 9.84 Å². The monoisotopic (exact) mass is 246 g/mol. The van der Waals surface area contributed by atoms with Gasteiger partial charge < -0.3 is 5.11 Å². The summed E-state index contributed by atoms with van der Waals surface area (Å²) in [5.74, 6) is 0. The van der Waals surface area contributed by atoms with Crippen LogP contribution in [-0.4, -0.2) is 35.7 Å². The number of nitrogens with zero attached hydrogens (tertiary/aromatic N) is 2. The summed E-state index contributed by atoms with van der Waals surface area (Å²) in [4.78, 5) is 0.253. The summed E-state index contributed by atoms with van der Waals surface area (Å²) >= 11 is 0. The number of sulfone groups is 1. The van der Waals surface area contributed by atoms with Gasteiger partial charge in [0.2, 0.25) is 0 Å². The Morgan fingerprint density at radius 1 is 1.50 bits per heavy atom. The molecule has 1 unspecified atom stereocenters. The van der Waals surface area contributed by atoms with Crippen LogP contribution in [0.25, 0.3) is 0 Å². The molecular weight excluding hydrogens is 228 g/mol. The molecule has 0 bridgehead atoms. The van der Waals surface area contributed by atoms with Gasteiger partial charge in [0.25, 0.3) is 0 Å². The SMILES string of the molecule is CC(O)CCCCn1cc(S(C)(=O)=O)cn1. The van der Waals surface area contributed by atoms with E-state index in [1.165, 1.54) is 18.6 Å². The summed E-state index contributed by atoms with van der Waals surface area (Å²) in [6, 6.07) is 0. The van der Waals surface area contributed by atoms with Crippen molar-refractivity contribution < 1.29 is 13.5 Å². The molecule has 1 aromatic heterocycles. The van der Waals surface area contributed by atoms with Gasteiger partial charge in [-0.15, -0.1) is 0 Å². The molecular formula is C10H18N2O3S. The molecule has 0 radical (unpaired) electrons. The summed E-state index contributed by atoms with van der Waals surface area (Å²) in [7, 11) is -3.15. The molecule has 5 nitrogen and oxygen atoms in total. The van der Waals surface area contributed by atoms with Crippen LogP contribution in [0.2, 0.25) is 0 Å². The first-order valence-electron chi connectivity index (χ1n) is 5.30. The van der Waals surface area contributed by atoms with Crippen molar-refractivity contribution in [2.75, 3.05) is 6.26 Å². The van der Waals surface area contributed by atoms with Crippen LogP contribution in [0.3, 0.4) is 0 Å². The number of aromatic nitrogens is 2. The lowest BCUT2D eigenvalue weighted by atomic mass is 10.2. The molecule has 0 aromatic carbocycles. The van der Waals surface area contributed by atoms with E-state index in [9.17, 15) is 8.42 Å². The largest absolute Gasteiger partial charge is 0.393 e. The van der Waals surface area contributed by atoms with Gasteiger partial charge in [-0.05, 0) is 26.2 Å². The molecule has 0 aliphatic rings. The first-order valence-corrected chi connectivity index (χ1v) is 7.19. The summed E-state index contributed by atoms with van der Waals surface area (Å²) in [5.41, 5.74) is 0. The van der Waals surface area contributed by atoms with Gasteiger partial charge in [-0.25, -0.2) is 8.42 Å². The van der Waals surface area contributed by atoms with Crippen molar-refractivity contribution in [1.29, 1.82) is 0 Å². The van der Waals surface area contributed by atoms with Crippen molar-refractivity contribution in [1.82, 2.24) is 9.78 Å². The quantitative estimate of drug-likeness (QED) is 0.755. The number of rotatable bonds is 6. The maximum atomic E-state index is 11.2. The van der Waals surface area contributed by atoms with E-state index in [-0.39, 0.29) is 11.0 Å². The molecule has 0 aliphatic carbocycles. The zero-order valence-electron chi connectivity index (χ0n) is 9.63. The third-order valence-electron chi connectivity index (χ3n) is 2.30. The minimum atomic E-state index is -3.15. The number of aliphatic hydroxyl groups is 1. The van der Waals surface area contributed by atoms with E-state index in [0.29, 0.717) is 6.54 Å². The van der Waals surface area contributed by atoms with Crippen molar-refractivity contribution in [2.24, 2.45) is 0 Å². The molecule has 0 fully saturated rings. The molecule has 0 saturated carbocycles. The van der Waals surface area contributed by atoms with Crippen LogP contribution in [0.4, 0.5) is 0 Å². The molecule has 1 rings (SSSR count). The predicted molar refractivity (Wildman–Crippen MR) is 60.9 cm³/mol. The van der Waals surface area contributed by atoms with Gasteiger partial charge in [-0.3, -0.25) is 4.68 Å². The normalized spacial score (nSPS) is 13.9. The van der Waals surface area contributed by atoms with E-state index in [1.54, 1.807) is 11.6 Å². The van der Waals surface area contributed by atoms with Gasteiger partial charge >= 0.3 is 0 Å². The molecule has 1 aromatic rings. The highest BCUT2D eigenvalue weighted by Crippen LogP contribution is 2.08. The van der Waals surface area contributed by atoms with Gasteiger partial charge in [-0.2, -0.15) is 5.10 Å². The maximum Gasteiger partial charge on any atom is 0.178 e. The van der Waals surface area contributed by atoms with E-state index in [1.807, 2.05) is 0 Å². The zero-order valence-corrected chi connectivity index (χ0v) is 10.4. The first-order chi connectivity index (χ1) is 7.39. The fourth-order valence-corrected chi connectivity index (χ4v) is 1.92. The van der Waals surface area contributed by atoms with E-state index in [2.05, 4.69) is 5.10 Å². The lowest BCUT2D eigenvalue weighted by Gasteiger charge is -2.03. The number of aliphatic hydroxyl groups excluding tert-OH is 1. The maximum absolute atomic E-state index is 11.2. The van der Waals surface area contributed by atoms with Crippen LogP contribution in [0, 0.1) is 0 Å². The molecule has 0 saturated heterocycles. The molecule has 0 aliphatic heterocycles. The smallest absolute Gasteiger partial charge is 0.178 e. The molecule has 1 N–H and O–H groups in total. The van der Waals surface area contributed by atoms with Crippen molar-refractivity contribution in [3.05, 3.63) is 12.4 Å². The Labute approximate surface area is 96.0 Å². The highest BCUT2D eigenvalue weighted by atomic mass is 32.2. The van der Waals surface area contributed by atoms with Gasteiger partial charge in [0, 0.05) is 19.0 Å². The topological polar surface area (TPSA) is 72.2 Å². The Balaban J connectivity index is 2.42. The number of aryl methyl sites for hydroxylation is 1. The van der Waals surface area contributed by atoms with E-state index >= 15 is 0 Å². The average molecular weight is 246 g/mol. The molecule has 1 heterocycles. The molecule has 92 valence electrons. The van der Waals surface area contributed by atoms with Crippen LogP contribution in [0.1, 0.15) is 26.2 Å². The molecule has 6 heteroatoms. The Morgan fingerprint density at radius 3 is 2.69 bits per heavy atom. The van der Waals surface area contributed by atoms with E-state index in [4.69, 9.17) is 5.11 Å². The standard InChI is InChI=1S/C10H18N2O3S/c1-9(13)5-3-4-6-12-8-10(7-11-12)16(2,14)15/h7-9,13H,3-6H2,1-2H3. The average Bonchev–Trinajstić information content (AvgIpc) is 2.59. The summed E-state index contributed by atoms with van der Waals surface area (Å²) < 4.78 is 24.0. The second kappa shape index (κ2) is 5.45. The summed E-state index contributed by atoms with van der Waals surface area (Å²) in [5, 5.41) is 13.0. The van der Waals surface area contributed by atoms with Crippen molar-refractivity contribution in [3.8, 4) is 0 Å². The zero-order chi connectivity index (χ0) is 12.2. The van der Waals surface area contributed by atoms with E-state index in [0.717, 1.165) is 19.3 Å². The Morgan fingerprint density at radius 2 is 2.19 bits per heavy atom. The molecule has 16 heavy (non-hydrogen) atoms. The van der Waals surface area contributed by atoms with Crippen molar-refractivity contribution in [3.63, 3.8) is 0 Å². The first kappa shape index (κ1) is 13.2. The lowest BCUT2D eigenvalue weighted by Crippen LogP contribution is -2.02. The van der Waals surface area contributed by atoms with Crippen molar-refractivity contribution >= 4 is 9.84 Å². The third-order valence-corrected chi connectivity index (χ3v) is 3.36. The molecule has 1 atom stereocenters. The predicted octanol–water partition coefficient (Wildman–Crippen LogP) is 0.838. The number of unbranched alkanes of at least 4 members (excludes halogenated alkanes) is 1. The lowest BCUT2D eigenvalue weighted by molar-refractivity contribution is 0.180. The minimum Gasteiger partial charge on any atom is -0.393 e. The second-order valence-corrected chi connectivity index (χ2v) is 6.07. The van der Waals surface area contributed by atoms with Crippen molar-refractivity contribution in [2.45, 2.75) is 43.7 Å². The molecule has 0 spiro atoms. The van der Waals surface area contributed by atoms with Gasteiger partial charge in [0.1, 0.15) is 4.90 Å². The van der Waals surface area contributed by atoms with E-state index < -0.39 is 9.84 Å². The van der Waals surface area contributed by atoms with Gasteiger partial charge in [0.05, 0.1) is 12.3 Å². The third kappa shape index (κ3) is 4.32. The highest BCUT2D eigenvalue weighted by Gasteiger charge is 2.09. The van der Waals surface area contributed by atoms with Crippen LogP contribution >= 0.6 is 0 Å². The Bertz CT molecular complexity index is 423. The fourth-order valence-electron chi connectivity index (χ4n) is 1.37. The van der Waals surface area contributed by atoms with Crippen LogP contribution in [0.15, 0.2) is 17.3 Å². The fraction of sp³-hybridized carbons (Fsp3) is 0.700. The van der Waals surface area contributed by atoms with Crippen LogP contribution in [0.5, 0.6) is 0 Å². The Hall–Kier alpha value is -0.880. The number of hydrogen-bond donors (Lipinski definition) is 1. The van der Waals surface area contributed by atoms with Gasteiger partial charge in [-0.1, -0.05) is 0 Å². The van der Waals surface area contributed by atoms with Crippen LogP contribution in [-0.2, 0) is 16.4 Å². The highest BCUT2D eigenvalue weighted by molar-refractivity contribution is 7.90. The molecule has 0 amide bonds. The summed E-state index contributed by atoms with van der Waals surface area (Å²) in [6.07, 6.45) is 6.36. The Kier molecular flexibility index (Phi) is 4.49. The minimum absolute atomic E-state index is 0.253. The second-order valence-electron chi connectivity index (χ2n) is 4.06. The number of hydrogen-bond acceptors (Lipinski definition) is 4.